The first-order chi connectivity index (χ1) is 6.70. The molecule has 3 nitrogen and oxygen atoms in total. The molecule has 0 fully saturated rings. The molecule has 1 aromatic carbocycles. The number of aliphatic hydroxyl groups excluding tert-OH is 1. The Kier molecular flexibility index (Phi) is 4.43. The Labute approximate surface area is 84.7 Å². The molecule has 1 rings (SSSR count). The Bertz CT molecular complexity index is 249. The smallest absolute Gasteiger partial charge is 0.147 e. The van der Waals surface area contributed by atoms with Gasteiger partial charge in [-0.05, 0) is 18.1 Å². The third-order valence-electron chi connectivity index (χ3n) is 2.00. The zero-order valence-electron chi connectivity index (χ0n) is 8.60. The number of benzene rings is 1. The van der Waals surface area contributed by atoms with Gasteiger partial charge >= 0.3 is 0 Å². The second-order valence-electron chi connectivity index (χ2n) is 3.57. The topological polar surface area (TPSA) is 41.5 Å². The van der Waals surface area contributed by atoms with Crippen LogP contribution >= 0.6 is 0 Å². The SMILES string of the molecule is CC(C)C(O)CNOc1ccccc1. The van der Waals surface area contributed by atoms with E-state index in [0.717, 1.165) is 5.75 Å². The standard InChI is InChI=1S/C11H17NO2/c1-9(2)11(13)8-12-14-10-6-4-3-5-7-10/h3-7,9,11-13H,8H2,1-2H3. The van der Waals surface area contributed by atoms with E-state index in [1.165, 1.54) is 0 Å². The second kappa shape index (κ2) is 5.62. The lowest BCUT2D eigenvalue weighted by Crippen LogP contribution is -2.32. The third kappa shape index (κ3) is 3.77. The molecule has 0 aliphatic carbocycles. The highest BCUT2D eigenvalue weighted by molar-refractivity contribution is 5.20. The van der Waals surface area contributed by atoms with E-state index in [1.807, 2.05) is 44.2 Å². The van der Waals surface area contributed by atoms with Gasteiger partial charge in [-0.15, -0.1) is 0 Å². The maximum atomic E-state index is 9.46. The van der Waals surface area contributed by atoms with Crippen LogP contribution in [0.4, 0.5) is 0 Å². The van der Waals surface area contributed by atoms with Gasteiger partial charge in [-0.1, -0.05) is 32.0 Å². The number of hydrogen-bond donors (Lipinski definition) is 2. The molecule has 0 spiro atoms. The first-order valence-corrected chi connectivity index (χ1v) is 4.83. The molecular weight excluding hydrogens is 178 g/mol. The van der Waals surface area contributed by atoms with Crippen LogP contribution in [0.25, 0.3) is 0 Å². The number of rotatable bonds is 5. The van der Waals surface area contributed by atoms with Crippen molar-refractivity contribution in [3.05, 3.63) is 30.3 Å². The summed E-state index contributed by atoms with van der Waals surface area (Å²) in [4.78, 5) is 5.22. The molecule has 0 bridgehead atoms. The maximum absolute atomic E-state index is 9.46. The van der Waals surface area contributed by atoms with Crippen LogP contribution in [0.1, 0.15) is 13.8 Å². The first-order valence-electron chi connectivity index (χ1n) is 4.83. The Morgan fingerprint density at radius 3 is 2.50 bits per heavy atom. The Morgan fingerprint density at radius 1 is 1.29 bits per heavy atom. The van der Waals surface area contributed by atoms with Crippen LogP contribution in [-0.4, -0.2) is 17.8 Å². The summed E-state index contributed by atoms with van der Waals surface area (Å²) in [6.07, 6.45) is -0.376. The number of para-hydroxylation sites is 1. The van der Waals surface area contributed by atoms with E-state index >= 15 is 0 Å². The van der Waals surface area contributed by atoms with Crippen LogP contribution < -0.4 is 10.3 Å². The van der Waals surface area contributed by atoms with Crippen molar-refractivity contribution in [2.24, 2.45) is 5.92 Å². The van der Waals surface area contributed by atoms with Gasteiger partial charge in [-0.3, -0.25) is 0 Å². The van der Waals surface area contributed by atoms with Crippen LogP contribution in [0, 0.1) is 5.92 Å². The molecule has 0 radical (unpaired) electrons. The fourth-order valence-corrected chi connectivity index (χ4v) is 0.935. The minimum Gasteiger partial charge on any atom is -0.409 e. The van der Waals surface area contributed by atoms with Gasteiger partial charge in [0.25, 0.3) is 0 Å². The maximum Gasteiger partial charge on any atom is 0.147 e. The highest BCUT2D eigenvalue weighted by Gasteiger charge is 2.08. The van der Waals surface area contributed by atoms with Gasteiger partial charge in [0.05, 0.1) is 12.6 Å². The first kappa shape index (κ1) is 11.0. The summed E-state index contributed by atoms with van der Waals surface area (Å²) >= 11 is 0. The molecule has 1 aromatic rings. The van der Waals surface area contributed by atoms with Gasteiger partial charge < -0.3 is 9.94 Å². The van der Waals surface area contributed by atoms with E-state index < -0.39 is 0 Å². The lowest BCUT2D eigenvalue weighted by molar-refractivity contribution is 0.0775. The monoisotopic (exact) mass is 195 g/mol. The normalized spacial score (nSPS) is 12.9. The molecule has 0 saturated heterocycles. The average Bonchev–Trinajstić information content (AvgIpc) is 2.19. The highest BCUT2D eigenvalue weighted by Crippen LogP contribution is 2.06. The fourth-order valence-electron chi connectivity index (χ4n) is 0.935. The fraction of sp³-hybridized carbons (Fsp3) is 0.455. The van der Waals surface area contributed by atoms with Crippen molar-refractivity contribution in [2.45, 2.75) is 20.0 Å². The minimum atomic E-state index is -0.376. The molecular formula is C11H17NO2. The Hall–Kier alpha value is -1.06. The lowest BCUT2D eigenvalue weighted by atomic mass is 10.1. The van der Waals surface area contributed by atoms with Gasteiger partial charge in [-0.2, -0.15) is 5.48 Å². The number of hydrogen-bond acceptors (Lipinski definition) is 3. The van der Waals surface area contributed by atoms with Crippen molar-refractivity contribution in [1.82, 2.24) is 5.48 Å². The average molecular weight is 195 g/mol. The molecule has 3 heteroatoms. The quantitative estimate of drug-likeness (QED) is 0.701. The summed E-state index contributed by atoms with van der Waals surface area (Å²) in [5, 5.41) is 9.46. The molecule has 0 saturated carbocycles. The zero-order valence-corrected chi connectivity index (χ0v) is 8.60. The Morgan fingerprint density at radius 2 is 1.93 bits per heavy atom. The van der Waals surface area contributed by atoms with Crippen molar-refractivity contribution >= 4 is 0 Å². The van der Waals surface area contributed by atoms with Gasteiger partial charge in [0.15, 0.2) is 0 Å². The van der Waals surface area contributed by atoms with Crippen LogP contribution in [0.5, 0.6) is 5.75 Å². The number of aliphatic hydroxyl groups is 1. The van der Waals surface area contributed by atoms with Gasteiger partial charge in [0.1, 0.15) is 5.75 Å². The van der Waals surface area contributed by atoms with E-state index in [2.05, 4.69) is 5.48 Å². The lowest BCUT2D eigenvalue weighted by Gasteiger charge is -2.15. The zero-order chi connectivity index (χ0) is 10.4. The number of hydroxylamine groups is 1. The van der Waals surface area contributed by atoms with Gasteiger partial charge in [0.2, 0.25) is 0 Å². The van der Waals surface area contributed by atoms with Crippen LogP contribution in [-0.2, 0) is 0 Å². The molecule has 0 aromatic heterocycles. The van der Waals surface area contributed by atoms with E-state index in [0.29, 0.717) is 6.54 Å². The highest BCUT2D eigenvalue weighted by atomic mass is 16.6. The summed E-state index contributed by atoms with van der Waals surface area (Å²) < 4.78 is 0. The van der Waals surface area contributed by atoms with E-state index in [9.17, 15) is 5.11 Å². The van der Waals surface area contributed by atoms with Crippen molar-refractivity contribution in [3.63, 3.8) is 0 Å². The molecule has 1 atom stereocenters. The molecule has 1 unspecified atom stereocenters. The number of nitrogens with one attached hydrogen (secondary N) is 1. The van der Waals surface area contributed by atoms with E-state index in [1.54, 1.807) is 0 Å². The van der Waals surface area contributed by atoms with Gasteiger partial charge in [0, 0.05) is 0 Å². The van der Waals surface area contributed by atoms with Gasteiger partial charge in [-0.25, -0.2) is 0 Å². The molecule has 0 aliphatic rings. The minimum absolute atomic E-state index is 0.238. The predicted molar refractivity (Wildman–Crippen MR) is 55.9 cm³/mol. The third-order valence-corrected chi connectivity index (χ3v) is 2.00. The molecule has 14 heavy (non-hydrogen) atoms. The van der Waals surface area contributed by atoms with Crippen molar-refractivity contribution < 1.29 is 9.94 Å². The van der Waals surface area contributed by atoms with Crippen LogP contribution in [0.2, 0.25) is 0 Å². The van der Waals surface area contributed by atoms with Crippen LogP contribution in [0.15, 0.2) is 30.3 Å². The molecule has 2 N–H and O–H groups in total. The summed E-state index contributed by atoms with van der Waals surface area (Å²) in [6, 6.07) is 9.44. The summed E-state index contributed by atoms with van der Waals surface area (Å²) in [6.45, 7) is 4.37. The Balaban J connectivity index is 2.22. The summed E-state index contributed by atoms with van der Waals surface area (Å²) in [5.74, 6) is 0.991. The predicted octanol–water partition coefficient (Wildman–Crippen LogP) is 1.59. The van der Waals surface area contributed by atoms with E-state index in [4.69, 9.17) is 4.84 Å². The molecule has 0 heterocycles. The summed E-state index contributed by atoms with van der Waals surface area (Å²) in [7, 11) is 0. The van der Waals surface area contributed by atoms with Crippen molar-refractivity contribution in [2.75, 3.05) is 6.54 Å². The van der Waals surface area contributed by atoms with Crippen molar-refractivity contribution in [1.29, 1.82) is 0 Å². The summed E-state index contributed by atoms with van der Waals surface area (Å²) in [5.41, 5.74) is 2.73. The van der Waals surface area contributed by atoms with Crippen molar-refractivity contribution in [3.8, 4) is 5.75 Å². The molecule has 78 valence electrons. The largest absolute Gasteiger partial charge is 0.409 e. The second-order valence-corrected chi connectivity index (χ2v) is 3.57. The molecule has 0 amide bonds. The van der Waals surface area contributed by atoms with E-state index in [-0.39, 0.29) is 12.0 Å². The van der Waals surface area contributed by atoms with Crippen LogP contribution in [0.3, 0.4) is 0 Å². The molecule has 0 aliphatic heterocycles.